The number of carbonyl (C=O) groups is 1. The van der Waals surface area contributed by atoms with E-state index in [4.69, 9.17) is 0 Å². The Hall–Kier alpha value is -0.830. The average molecular weight is 255 g/mol. The van der Waals surface area contributed by atoms with Gasteiger partial charge in [-0.3, -0.25) is 4.79 Å². The number of rotatable bonds is 10. The summed E-state index contributed by atoms with van der Waals surface area (Å²) in [6.45, 7) is 12.6. The molecule has 0 aromatic rings. The van der Waals surface area contributed by atoms with Crippen LogP contribution < -0.4 is 5.32 Å². The van der Waals surface area contributed by atoms with E-state index in [1.165, 1.54) is 0 Å². The van der Waals surface area contributed by atoms with Crippen molar-refractivity contribution >= 4 is 5.91 Å². The van der Waals surface area contributed by atoms with Crippen LogP contribution in [0.5, 0.6) is 0 Å². The van der Waals surface area contributed by atoms with Crippen molar-refractivity contribution in [2.75, 3.05) is 26.3 Å². The molecule has 0 fully saturated rings. The van der Waals surface area contributed by atoms with Crippen molar-refractivity contribution in [3.8, 4) is 0 Å². The van der Waals surface area contributed by atoms with E-state index in [0.717, 1.165) is 50.0 Å². The van der Waals surface area contributed by atoms with Crippen LogP contribution in [0.2, 0.25) is 0 Å². The Kier molecular flexibility index (Phi) is 9.66. The maximum absolute atomic E-state index is 11.7. The fraction of sp³-hybridized carbons (Fsp3) is 0.800. The number of nitrogens with zero attached hydrogens (tertiary/aromatic N) is 1. The summed E-state index contributed by atoms with van der Waals surface area (Å²) in [4.78, 5) is 11.7. The highest BCUT2D eigenvalue weighted by Gasteiger charge is 2.20. The molecule has 0 aliphatic heterocycles. The Labute approximate surface area is 113 Å². The van der Waals surface area contributed by atoms with E-state index >= 15 is 0 Å². The lowest BCUT2D eigenvalue weighted by Crippen LogP contribution is -2.54. The minimum absolute atomic E-state index is 0.202. The van der Waals surface area contributed by atoms with E-state index in [1.54, 1.807) is 0 Å². The van der Waals surface area contributed by atoms with Crippen molar-refractivity contribution < 1.29 is 9.28 Å². The molecule has 0 aromatic heterocycles. The van der Waals surface area contributed by atoms with E-state index < -0.39 is 0 Å². The normalized spacial score (nSPS) is 12.0. The van der Waals surface area contributed by atoms with Crippen molar-refractivity contribution in [1.29, 1.82) is 0 Å². The van der Waals surface area contributed by atoms with Crippen molar-refractivity contribution in [1.82, 2.24) is 5.32 Å². The molecule has 0 atom stereocenters. The number of hydrogen-bond donors (Lipinski definition) is 1. The Morgan fingerprint density at radius 2 is 1.72 bits per heavy atom. The molecule has 0 aromatic carbocycles. The van der Waals surface area contributed by atoms with E-state index in [0.29, 0.717) is 6.42 Å². The molecule has 0 spiro atoms. The van der Waals surface area contributed by atoms with Gasteiger partial charge in [-0.05, 0) is 47.0 Å². The van der Waals surface area contributed by atoms with Crippen LogP contribution in [-0.4, -0.2) is 36.7 Å². The predicted octanol–water partition coefficient (Wildman–Crippen LogP) is 3.07. The largest absolute Gasteiger partial charge is 0.309 e. The fourth-order valence-corrected chi connectivity index (χ4v) is 2.06. The summed E-state index contributed by atoms with van der Waals surface area (Å²) in [6, 6.07) is 0. The molecular weight excluding hydrogens is 224 g/mol. The average Bonchev–Trinajstić information content (AvgIpc) is 2.41. The highest BCUT2D eigenvalue weighted by Crippen LogP contribution is 2.04. The fourth-order valence-electron chi connectivity index (χ4n) is 2.06. The molecule has 0 unspecified atom stereocenters. The number of carbonyl (C=O) groups excluding carboxylic acids is 1. The molecule has 3 nitrogen and oxygen atoms in total. The van der Waals surface area contributed by atoms with Crippen molar-refractivity contribution in [2.24, 2.45) is 0 Å². The molecule has 1 amide bonds. The van der Waals surface area contributed by atoms with Gasteiger partial charge in [-0.2, -0.15) is 0 Å². The summed E-state index contributed by atoms with van der Waals surface area (Å²) < 4.78 is 0.977. The van der Waals surface area contributed by atoms with Gasteiger partial charge in [0.1, 0.15) is 0 Å². The SMILES string of the molecule is C/C=C/CCCCC(=O)NC[N+](CC)(CC)CC. The Morgan fingerprint density at radius 1 is 1.11 bits per heavy atom. The summed E-state index contributed by atoms with van der Waals surface area (Å²) >= 11 is 0. The first-order valence-corrected chi connectivity index (χ1v) is 7.37. The van der Waals surface area contributed by atoms with Crippen LogP contribution in [0.15, 0.2) is 12.2 Å². The molecule has 0 heterocycles. The lowest BCUT2D eigenvalue weighted by molar-refractivity contribution is -0.924. The minimum Gasteiger partial charge on any atom is -0.309 e. The quantitative estimate of drug-likeness (QED) is 0.276. The van der Waals surface area contributed by atoms with Gasteiger partial charge in [-0.1, -0.05) is 12.2 Å². The number of hydrogen-bond acceptors (Lipinski definition) is 1. The lowest BCUT2D eigenvalue weighted by Gasteiger charge is -2.35. The summed E-state index contributed by atoms with van der Waals surface area (Å²) in [6.07, 6.45) is 8.06. The molecule has 106 valence electrons. The molecule has 0 aliphatic carbocycles. The number of allylic oxidation sites excluding steroid dienone is 2. The zero-order valence-electron chi connectivity index (χ0n) is 12.7. The molecule has 3 heteroatoms. The monoisotopic (exact) mass is 255 g/mol. The number of amides is 1. The van der Waals surface area contributed by atoms with Crippen molar-refractivity contribution in [3.63, 3.8) is 0 Å². The predicted molar refractivity (Wildman–Crippen MR) is 78.2 cm³/mol. The van der Waals surface area contributed by atoms with Crippen LogP contribution in [0.25, 0.3) is 0 Å². The maximum atomic E-state index is 11.7. The van der Waals surface area contributed by atoms with Gasteiger partial charge in [-0.25, -0.2) is 0 Å². The maximum Gasteiger partial charge on any atom is 0.224 e. The van der Waals surface area contributed by atoms with Gasteiger partial charge in [-0.15, -0.1) is 0 Å². The van der Waals surface area contributed by atoms with Gasteiger partial charge >= 0.3 is 0 Å². The number of unbranched alkanes of at least 4 members (excludes halogenated alkanes) is 2. The molecular formula is C15H31N2O+. The van der Waals surface area contributed by atoms with Gasteiger partial charge in [0, 0.05) is 6.42 Å². The summed E-state index contributed by atoms with van der Waals surface area (Å²) in [5.41, 5.74) is 0. The molecule has 0 saturated carbocycles. The van der Waals surface area contributed by atoms with Crippen LogP contribution in [0.4, 0.5) is 0 Å². The highest BCUT2D eigenvalue weighted by atomic mass is 16.1. The Bertz CT molecular complexity index is 237. The first kappa shape index (κ1) is 17.2. The zero-order chi connectivity index (χ0) is 13.9. The van der Waals surface area contributed by atoms with Crippen LogP contribution in [-0.2, 0) is 4.79 Å². The van der Waals surface area contributed by atoms with E-state index in [-0.39, 0.29) is 5.91 Å². The summed E-state index contributed by atoms with van der Waals surface area (Å²) in [5, 5.41) is 3.08. The van der Waals surface area contributed by atoms with Gasteiger partial charge in [0.2, 0.25) is 5.91 Å². The molecule has 0 rings (SSSR count). The van der Waals surface area contributed by atoms with Crippen LogP contribution in [0.3, 0.4) is 0 Å². The van der Waals surface area contributed by atoms with E-state index in [9.17, 15) is 4.79 Å². The highest BCUT2D eigenvalue weighted by molar-refractivity contribution is 5.75. The Morgan fingerprint density at radius 3 is 2.22 bits per heavy atom. The topological polar surface area (TPSA) is 29.1 Å². The summed E-state index contributed by atoms with van der Waals surface area (Å²) in [5.74, 6) is 0.202. The minimum atomic E-state index is 0.202. The smallest absolute Gasteiger partial charge is 0.224 e. The van der Waals surface area contributed by atoms with Gasteiger partial charge in [0.25, 0.3) is 0 Å². The third-order valence-electron chi connectivity index (χ3n) is 3.88. The first-order chi connectivity index (χ1) is 8.64. The van der Waals surface area contributed by atoms with E-state index in [2.05, 4.69) is 38.2 Å². The second-order valence-corrected chi connectivity index (χ2v) is 4.86. The standard InChI is InChI=1S/C15H30N2O/c1-5-9-10-11-12-13-15(18)16-14-17(6-2,7-3)8-4/h5,9H,6-8,10-14H2,1-4H3/p+1/b9-5+. The van der Waals surface area contributed by atoms with Gasteiger partial charge < -0.3 is 9.80 Å². The molecule has 0 aliphatic rings. The Balaban J connectivity index is 3.81. The van der Waals surface area contributed by atoms with Crippen molar-refractivity contribution in [2.45, 2.75) is 53.4 Å². The third-order valence-corrected chi connectivity index (χ3v) is 3.88. The van der Waals surface area contributed by atoms with Crippen molar-refractivity contribution in [3.05, 3.63) is 12.2 Å². The number of quaternary nitrogens is 1. The molecule has 1 N–H and O–H groups in total. The second-order valence-electron chi connectivity index (χ2n) is 4.86. The lowest BCUT2D eigenvalue weighted by atomic mass is 10.2. The molecule has 0 bridgehead atoms. The molecule has 0 radical (unpaired) electrons. The second kappa shape index (κ2) is 10.1. The summed E-state index contributed by atoms with van der Waals surface area (Å²) in [7, 11) is 0. The van der Waals surface area contributed by atoms with Gasteiger partial charge in [0.15, 0.2) is 6.67 Å². The zero-order valence-corrected chi connectivity index (χ0v) is 12.7. The number of nitrogens with one attached hydrogen (secondary N) is 1. The van der Waals surface area contributed by atoms with Crippen LogP contribution in [0, 0.1) is 0 Å². The van der Waals surface area contributed by atoms with Crippen LogP contribution >= 0.6 is 0 Å². The third kappa shape index (κ3) is 6.80. The van der Waals surface area contributed by atoms with E-state index in [1.807, 2.05) is 6.92 Å². The first-order valence-electron chi connectivity index (χ1n) is 7.37. The molecule has 18 heavy (non-hydrogen) atoms. The van der Waals surface area contributed by atoms with Crippen LogP contribution in [0.1, 0.15) is 53.4 Å². The van der Waals surface area contributed by atoms with Gasteiger partial charge in [0.05, 0.1) is 19.6 Å². The molecule has 0 saturated heterocycles.